The molecular formula is C14H21N3OS. The predicted molar refractivity (Wildman–Crippen MR) is 79.0 cm³/mol. The molecule has 1 unspecified atom stereocenters. The Hall–Kier alpha value is -1.33. The number of ether oxygens (including phenoxy) is 1. The van der Waals surface area contributed by atoms with Crippen molar-refractivity contribution in [3.05, 3.63) is 33.8 Å². The molecule has 5 heteroatoms. The van der Waals surface area contributed by atoms with Crippen LogP contribution in [0.25, 0.3) is 0 Å². The van der Waals surface area contributed by atoms with Crippen LogP contribution in [-0.4, -0.2) is 23.9 Å². The maximum absolute atomic E-state index is 5.46. The standard InChI is InChI=1S/C14H21N3OS/c1-5-8-17-14(11(18-4)9-16-17)13(15-3)12-7-6-10(2)19-12/h6-7,9,13,15H,5,8H2,1-4H3. The van der Waals surface area contributed by atoms with Gasteiger partial charge in [-0.2, -0.15) is 5.10 Å². The van der Waals surface area contributed by atoms with E-state index in [1.165, 1.54) is 9.75 Å². The van der Waals surface area contributed by atoms with Crippen LogP contribution in [0, 0.1) is 6.92 Å². The number of methoxy groups -OCH3 is 1. The maximum atomic E-state index is 5.46. The number of thiophene rings is 1. The van der Waals surface area contributed by atoms with E-state index in [9.17, 15) is 0 Å². The van der Waals surface area contributed by atoms with E-state index < -0.39 is 0 Å². The molecule has 0 aliphatic rings. The molecule has 2 aromatic heterocycles. The van der Waals surface area contributed by atoms with Crippen molar-refractivity contribution in [2.24, 2.45) is 0 Å². The molecule has 2 rings (SSSR count). The van der Waals surface area contributed by atoms with Crippen LogP contribution in [-0.2, 0) is 6.54 Å². The minimum absolute atomic E-state index is 0.127. The number of hydrogen-bond acceptors (Lipinski definition) is 4. The SMILES string of the molecule is CCCn1ncc(OC)c1C(NC)c1ccc(C)s1. The molecule has 0 saturated heterocycles. The molecule has 1 N–H and O–H groups in total. The number of rotatable bonds is 6. The van der Waals surface area contributed by atoms with Crippen molar-refractivity contribution in [3.63, 3.8) is 0 Å². The number of aryl methyl sites for hydroxylation is 2. The summed E-state index contributed by atoms with van der Waals surface area (Å²) in [5, 5.41) is 7.81. The van der Waals surface area contributed by atoms with Crippen LogP contribution in [0.1, 0.15) is 34.8 Å². The molecule has 0 spiro atoms. The summed E-state index contributed by atoms with van der Waals surface area (Å²) in [5.41, 5.74) is 1.11. The molecule has 2 heterocycles. The highest BCUT2D eigenvalue weighted by molar-refractivity contribution is 7.12. The van der Waals surface area contributed by atoms with E-state index >= 15 is 0 Å². The molecule has 0 aliphatic carbocycles. The minimum Gasteiger partial charge on any atom is -0.493 e. The quantitative estimate of drug-likeness (QED) is 0.883. The zero-order chi connectivity index (χ0) is 13.8. The fourth-order valence-electron chi connectivity index (χ4n) is 2.24. The van der Waals surface area contributed by atoms with Gasteiger partial charge < -0.3 is 10.1 Å². The number of hydrogen-bond donors (Lipinski definition) is 1. The fourth-order valence-corrected chi connectivity index (χ4v) is 3.23. The molecule has 19 heavy (non-hydrogen) atoms. The molecule has 0 bridgehead atoms. The van der Waals surface area contributed by atoms with Crippen molar-refractivity contribution in [2.45, 2.75) is 32.9 Å². The lowest BCUT2D eigenvalue weighted by Crippen LogP contribution is -2.21. The molecule has 0 aromatic carbocycles. The first kappa shape index (κ1) is 14.1. The molecule has 4 nitrogen and oxygen atoms in total. The van der Waals surface area contributed by atoms with Gasteiger partial charge in [-0.3, -0.25) is 4.68 Å². The molecule has 0 radical (unpaired) electrons. The van der Waals surface area contributed by atoms with Crippen molar-refractivity contribution in [3.8, 4) is 5.75 Å². The molecular weight excluding hydrogens is 258 g/mol. The third kappa shape index (κ3) is 2.82. The van der Waals surface area contributed by atoms with Crippen molar-refractivity contribution in [2.75, 3.05) is 14.2 Å². The third-order valence-electron chi connectivity index (χ3n) is 3.11. The summed E-state index contributed by atoms with van der Waals surface area (Å²) in [6.45, 7) is 5.18. The van der Waals surface area contributed by atoms with E-state index in [0.29, 0.717) is 0 Å². The molecule has 1 atom stereocenters. The van der Waals surface area contributed by atoms with Crippen LogP contribution >= 0.6 is 11.3 Å². The molecule has 2 aromatic rings. The summed E-state index contributed by atoms with van der Waals surface area (Å²) < 4.78 is 7.50. The average molecular weight is 279 g/mol. The fraction of sp³-hybridized carbons (Fsp3) is 0.500. The van der Waals surface area contributed by atoms with Crippen molar-refractivity contribution >= 4 is 11.3 Å². The van der Waals surface area contributed by atoms with E-state index in [1.807, 2.05) is 11.7 Å². The van der Waals surface area contributed by atoms with Gasteiger partial charge in [0, 0.05) is 16.3 Å². The van der Waals surface area contributed by atoms with Crippen molar-refractivity contribution < 1.29 is 4.74 Å². The first-order chi connectivity index (χ1) is 9.21. The lowest BCUT2D eigenvalue weighted by molar-refractivity contribution is 0.400. The summed E-state index contributed by atoms with van der Waals surface area (Å²) in [7, 11) is 3.67. The van der Waals surface area contributed by atoms with Gasteiger partial charge in [-0.25, -0.2) is 0 Å². The predicted octanol–water partition coefficient (Wildman–Crippen LogP) is 2.98. The Morgan fingerprint density at radius 1 is 1.47 bits per heavy atom. The summed E-state index contributed by atoms with van der Waals surface area (Å²) in [6.07, 6.45) is 2.85. The van der Waals surface area contributed by atoms with E-state index in [2.05, 4.69) is 36.4 Å². The Kier molecular flexibility index (Phi) is 4.61. The average Bonchev–Trinajstić information content (AvgIpc) is 2.99. The van der Waals surface area contributed by atoms with Gasteiger partial charge in [0.15, 0.2) is 5.75 Å². The Bertz CT molecular complexity index is 533. The minimum atomic E-state index is 0.127. The molecule has 104 valence electrons. The van der Waals surface area contributed by atoms with Gasteiger partial charge in [0.1, 0.15) is 5.69 Å². The van der Waals surface area contributed by atoms with E-state index in [0.717, 1.165) is 24.4 Å². The van der Waals surface area contributed by atoms with Gasteiger partial charge in [0.05, 0.1) is 19.3 Å². The second kappa shape index (κ2) is 6.21. The van der Waals surface area contributed by atoms with Crippen LogP contribution in [0.3, 0.4) is 0 Å². The van der Waals surface area contributed by atoms with Gasteiger partial charge in [-0.15, -0.1) is 11.3 Å². The van der Waals surface area contributed by atoms with E-state index in [-0.39, 0.29) is 6.04 Å². The number of aromatic nitrogens is 2. The Morgan fingerprint density at radius 3 is 2.79 bits per heavy atom. The number of nitrogens with one attached hydrogen (secondary N) is 1. The molecule has 0 saturated carbocycles. The highest BCUT2D eigenvalue weighted by atomic mass is 32.1. The second-order valence-electron chi connectivity index (χ2n) is 4.49. The smallest absolute Gasteiger partial charge is 0.161 e. The number of nitrogens with zero attached hydrogens (tertiary/aromatic N) is 2. The highest BCUT2D eigenvalue weighted by Crippen LogP contribution is 2.33. The van der Waals surface area contributed by atoms with Gasteiger partial charge in [-0.05, 0) is 32.5 Å². The van der Waals surface area contributed by atoms with Crippen LogP contribution < -0.4 is 10.1 Å². The lowest BCUT2D eigenvalue weighted by atomic mass is 10.1. The Balaban J connectivity index is 2.44. The Morgan fingerprint density at radius 2 is 2.26 bits per heavy atom. The first-order valence-corrected chi connectivity index (χ1v) is 7.36. The normalized spacial score (nSPS) is 12.6. The van der Waals surface area contributed by atoms with Crippen LogP contribution in [0.4, 0.5) is 0 Å². The van der Waals surface area contributed by atoms with Crippen LogP contribution in [0.5, 0.6) is 5.75 Å². The lowest BCUT2D eigenvalue weighted by Gasteiger charge is -2.18. The van der Waals surface area contributed by atoms with Gasteiger partial charge in [0.25, 0.3) is 0 Å². The van der Waals surface area contributed by atoms with Gasteiger partial charge in [-0.1, -0.05) is 6.92 Å². The topological polar surface area (TPSA) is 39.1 Å². The molecule has 0 amide bonds. The van der Waals surface area contributed by atoms with Crippen molar-refractivity contribution in [1.82, 2.24) is 15.1 Å². The van der Waals surface area contributed by atoms with Crippen LogP contribution in [0.2, 0.25) is 0 Å². The summed E-state index contributed by atoms with van der Waals surface area (Å²) in [5.74, 6) is 0.846. The van der Waals surface area contributed by atoms with E-state index in [1.54, 1.807) is 24.6 Å². The molecule has 0 fully saturated rings. The maximum Gasteiger partial charge on any atom is 0.161 e. The van der Waals surface area contributed by atoms with Gasteiger partial charge in [0.2, 0.25) is 0 Å². The monoisotopic (exact) mass is 279 g/mol. The largest absolute Gasteiger partial charge is 0.493 e. The molecule has 0 aliphatic heterocycles. The van der Waals surface area contributed by atoms with Gasteiger partial charge >= 0.3 is 0 Å². The zero-order valence-corrected chi connectivity index (χ0v) is 12.8. The summed E-state index contributed by atoms with van der Waals surface area (Å²) in [4.78, 5) is 2.60. The third-order valence-corrected chi connectivity index (χ3v) is 4.17. The summed E-state index contributed by atoms with van der Waals surface area (Å²) in [6, 6.07) is 4.45. The highest BCUT2D eigenvalue weighted by Gasteiger charge is 2.23. The zero-order valence-electron chi connectivity index (χ0n) is 11.9. The second-order valence-corrected chi connectivity index (χ2v) is 5.81. The first-order valence-electron chi connectivity index (χ1n) is 6.54. The van der Waals surface area contributed by atoms with Crippen LogP contribution in [0.15, 0.2) is 18.3 Å². The Labute approximate surface area is 118 Å². The van der Waals surface area contributed by atoms with E-state index in [4.69, 9.17) is 4.74 Å². The summed E-state index contributed by atoms with van der Waals surface area (Å²) >= 11 is 1.81. The van der Waals surface area contributed by atoms with Crippen molar-refractivity contribution in [1.29, 1.82) is 0 Å².